The van der Waals surface area contributed by atoms with Crippen molar-refractivity contribution in [3.8, 4) is 22.5 Å². The van der Waals surface area contributed by atoms with Crippen LogP contribution in [0.1, 0.15) is 5.56 Å². The van der Waals surface area contributed by atoms with Crippen LogP contribution in [0.2, 0.25) is 0 Å². The van der Waals surface area contributed by atoms with E-state index in [1.54, 1.807) is 0 Å². The number of nitrogens with zero attached hydrogens (tertiary/aromatic N) is 4. The van der Waals surface area contributed by atoms with Gasteiger partial charge in [-0.2, -0.15) is 0 Å². The van der Waals surface area contributed by atoms with Gasteiger partial charge in [-0.15, -0.1) is 0 Å². The van der Waals surface area contributed by atoms with Crippen molar-refractivity contribution >= 4 is 17.2 Å². The summed E-state index contributed by atoms with van der Waals surface area (Å²) in [6, 6.07) is 17.0. The molecule has 0 aliphatic carbocycles. The van der Waals surface area contributed by atoms with E-state index >= 15 is 0 Å². The molecular weight excluding hydrogens is 360 g/mol. The van der Waals surface area contributed by atoms with Gasteiger partial charge in [0.05, 0.1) is 17.6 Å². The maximum absolute atomic E-state index is 6.16. The van der Waals surface area contributed by atoms with Gasteiger partial charge in [0.2, 0.25) is 0 Å². The first-order valence-electron chi connectivity index (χ1n) is 9.96. The van der Waals surface area contributed by atoms with E-state index in [0.717, 1.165) is 48.7 Å². The first-order valence-corrected chi connectivity index (χ1v) is 9.96. The topological polar surface area (TPSA) is 71.5 Å². The molecule has 6 nitrogen and oxygen atoms in total. The van der Waals surface area contributed by atoms with Gasteiger partial charge in [0.25, 0.3) is 0 Å². The van der Waals surface area contributed by atoms with Crippen molar-refractivity contribution < 1.29 is 0 Å². The van der Waals surface area contributed by atoms with Gasteiger partial charge in [-0.1, -0.05) is 35.9 Å². The van der Waals surface area contributed by atoms with Gasteiger partial charge in [0.15, 0.2) is 11.5 Å². The fourth-order valence-electron chi connectivity index (χ4n) is 3.94. The molecule has 3 N–H and O–H groups in total. The van der Waals surface area contributed by atoms with E-state index in [9.17, 15) is 0 Å². The van der Waals surface area contributed by atoms with Gasteiger partial charge in [-0.25, -0.2) is 9.97 Å². The molecule has 0 bridgehead atoms. The highest BCUT2D eigenvalue weighted by molar-refractivity contribution is 5.75. The molecule has 29 heavy (non-hydrogen) atoms. The van der Waals surface area contributed by atoms with E-state index in [0.29, 0.717) is 11.5 Å². The highest BCUT2D eigenvalue weighted by atomic mass is 15.2. The lowest BCUT2D eigenvalue weighted by Gasteiger charge is -2.29. The molecule has 146 valence electrons. The number of nitrogens with one attached hydrogen (secondary N) is 1. The third kappa shape index (κ3) is 3.32. The molecular formula is C23H24N6. The minimum atomic E-state index is 0.436. The highest BCUT2D eigenvalue weighted by Crippen LogP contribution is 2.29. The molecule has 4 aromatic rings. The Bertz CT molecular complexity index is 1170. The second-order valence-corrected chi connectivity index (χ2v) is 7.51. The maximum Gasteiger partial charge on any atom is 0.180 e. The molecule has 1 saturated heterocycles. The number of aromatic nitrogens is 3. The number of nitrogens with two attached hydrogens (primary N) is 1. The molecule has 0 radical (unpaired) electrons. The quantitative estimate of drug-likeness (QED) is 0.567. The number of piperazine rings is 1. The molecule has 0 unspecified atom stereocenters. The predicted octanol–water partition coefficient (Wildman–Crippen LogP) is 3.36. The first-order chi connectivity index (χ1) is 14.2. The number of nitrogen functional groups attached to an aromatic ring is 1. The Labute approximate surface area is 170 Å². The largest absolute Gasteiger partial charge is 0.381 e. The van der Waals surface area contributed by atoms with Crippen molar-refractivity contribution in [3.05, 3.63) is 66.5 Å². The zero-order valence-electron chi connectivity index (χ0n) is 16.5. The van der Waals surface area contributed by atoms with E-state index in [2.05, 4.69) is 76.9 Å². The molecule has 0 saturated carbocycles. The van der Waals surface area contributed by atoms with Crippen molar-refractivity contribution in [1.29, 1.82) is 0 Å². The van der Waals surface area contributed by atoms with Crippen molar-refractivity contribution in [3.63, 3.8) is 0 Å². The van der Waals surface area contributed by atoms with Crippen LogP contribution in [0.5, 0.6) is 0 Å². The summed E-state index contributed by atoms with van der Waals surface area (Å²) in [5.41, 5.74) is 13.3. The summed E-state index contributed by atoms with van der Waals surface area (Å²) >= 11 is 0. The number of hydrogen-bond acceptors (Lipinski definition) is 5. The van der Waals surface area contributed by atoms with Crippen molar-refractivity contribution in [2.75, 3.05) is 36.8 Å². The fourth-order valence-corrected chi connectivity index (χ4v) is 3.94. The van der Waals surface area contributed by atoms with Crippen LogP contribution in [0.4, 0.5) is 11.5 Å². The number of rotatable bonds is 3. The van der Waals surface area contributed by atoms with Crippen LogP contribution in [0, 0.1) is 6.92 Å². The van der Waals surface area contributed by atoms with Gasteiger partial charge in [0.1, 0.15) is 0 Å². The summed E-state index contributed by atoms with van der Waals surface area (Å²) in [4.78, 5) is 11.6. The second-order valence-electron chi connectivity index (χ2n) is 7.51. The Morgan fingerprint density at radius 1 is 1.00 bits per heavy atom. The maximum atomic E-state index is 6.16. The lowest BCUT2D eigenvalue weighted by atomic mass is 10.1. The number of hydrogen-bond donors (Lipinski definition) is 2. The average Bonchev–Trinajstić information content (AvgIpc) is 3.21. The molecule has 0 amide bonds. The normalized spacial score (nSPS) is 14.4. The number of anilines is 2. The summed E-state index contributed by atoms with van der Waals surface area (Å²) in [7, 11) is 0. The molecule has 1 aliphatic rings. The molecule has 6 heteroatoms. The van der Waals surface area contributed by atoms with Crippen LogP contribution in [0.25, 0.3) is 28.2 Å². The molecule has 2 aromatic heterocycles. The van der Waals surface area contributed by atoms with Crippen LogP contribution in [0.3, 0.4) is 0 Å². The summed E-state index contributed by atoms with van der Waals surface area (Å²) in [5.74, 6) is 0.436. The lowest BCUT2D eigenvalue weighted by molar-refractivity contribution is 0.589. The van der Waals surface area contributed by atoms with Gasteiger partial charge >= 0.3 is 0 Å². The molecule has 1 fully saturated rings. The lowest BCUT2D eigenvalue weighted by Crippen LogP contribution is -2.43. The zero-order chi connectivity index (χ0) is 19.8. The van der Waals surface area contributed by atoms with Crippen molar-refractivity contribution in [2.24, 2.45) is 0 Å². The van der Waals surface area contributed by atoms with E-state index in [4.69, 9.17) is 10.7 Å². The van der Waals surface area contributed by atoms with Crippen molar-refractivity contribution in [2.45, 2.75) is 6.92 Å². The van der Waals surface area contributed by atoms with Crippen LogP contribution in [0.15, 0.2) is 60.9 Å². The van der Waals surface area contributed by atoms with Crippen molar-refractivity contribution in [1.82, 2.24) is 19.7 Å². The Kier molecular flexibility index (Phi) is 4.41. The molecule has 5 rings (SSSR count). The van der Waals surface area contributed by atoms with Gasteiger partial charge in [0, 0.05) is 49.2 Å². The zero-order valence-corrected chi connectivity index (χ0v) is 16.5. The molecule has 0 atom stereocenters. The Morgan fingerprint density at radius 2 is 1.79 bits per heavy atom. The van der Waals surface area contributed by atoms with Gasteiger partial charge in [-0.3, -0.25) is 4.40 Å². The van der Waals surface area contributed by atoms with Crippen LogP contribution in [-0.2, 0) is 0 Å². The summed E-state index contributed by atoms with van der Waals surface area (Å²) in [6.45, 7) is 6.15. The predicted molar refractivity (Wildman–Crippen MR) is 118 cm³/mol. The number of fused-ring (bicyclic) bond motifs is 1. The second kappa shape index (κ2) is 7.22. The molecule has 1 aliphatic heterocycles. The molecule has 2 aromatic carbocycles. The van der Waals surface area contributed by atoms with Gasteiger partial charge < -0.3 is 16.0 Å². The summed E-state index contributed by atoms with van der Waals surface area (Å²) < 4.78 is 2.05. The average molecular weight is 384 g/mol. The molecule has 0 spiro atoms. The number of imidazole rings is 1. The van der Waals surface area contributed by atoms with E-state index in [1.807, 2.05) is 10.6 Å². The smallest absolute Gasteiger partial charge is 0.180 e. The number of benzene rings is 2. The number of aryl methyl sites for hydroxylation is 1. The molecule has 3 heterocycles. The summed E-state index contributed by atoms with van der Waals surface area (Å²) in [6.07, 6.45) is 3.88. The van der Waals surface area contributed by atoms with Crippen LogP contribution < -0.4 is 16.0 Å². The third-order valence-electron chi connectivity index (χ3n) is 5.46. The van der Waals surface area contributed by atoms with E-state index in [1.165, 1.54) is 11.3 Å². The van der Waals surface area contributed by atoms with Crippen LogP contribution >= 0.6 is 0 Å². The standard InChI is InChI=1S/C23H24N6/c1-16-4-2-6-18(12-16)21-14-26-22(24)23-27-20(15-29(21)23)17-5-3-7-19(13-17)28-10-8-25-9-11-28/h2-7,12-15,25H,8-11H2,1H3,(H2,24,26). The third-order valence-corrected chi connectivity index (χ3v) is 5.46. The Morgan fingerprint density at radius 3 is 2.62 bits per heavy atom. The Balaban J connectivity index is 1.60. The van der Waals surface area contributed by atoms with E-state index in [-0.39, 0.29) is 0 Å². The first kappa shape index (κ1) is 17.7. The minimum absolute atomic E-state index is 0.436. The monoisotopic (exact) mass is 384 g/mol. The highest BCUT2D eigenvalue weighted by Gasteiger charge is 2.15. The SMILES string of the molecule is Cc1cccc(-c2cnc(N)c3nc(-c4cccc(N5CCNCC5)c4)cn23)c1. The van der Waals surface area contributed by atoms with Crippen LogP contribution in [-0.4, -0.2) is 40.5 Å². The summed E-state index contributed by atoms with van der Waals surface area (Å²) in [5, 5.41) is 3.40. The van der Waals surface area contributed by atoms with E-state index < -0.39 is 0 Å². The van der Waals surface area contributed by atoms with Gasteiger partial charge in [-0.05, 0) is 25.1 Å². The fraction of sp³-hybridized carbons (Fsp3) is 0.217. The Hall–Kier alpha value is -3.38. The minimum Gasteiger partial charge on any atom is -0.381 e.